The van der Waals surface area contributed by atoms with E-state index in [4.69, 9.17) is 9.84 Å². The third-order valence-electron chi connectivity index (χ3n) is 4.25. The summed E-state index contributed by atoms with van der Waals surface area (Å²) in [6, 6.07) is 5.86. The average Bonchev–Trinajstić information content (AvgIpc) is 2.77. The number of aliphatic carboxylic acids is 1. The summed E-state index contributed by atoms with van der Waals surface area (Å²) in [7, 11) is 0. The van der Waals surface area contributed by atoms with Gasteiger partial charge in [0.15, 0.2) is 0 Å². The Bertz CT molecular complexity index is 473. The molecule has 0 amide bonds. The summed E-state index contributed by atoms with van der Waals surface area (Å²) in [5.74, 6) is 0.101. The molecule has 1 aromatic carbocycles. The van der Waals surface area contributed by atoms with E-state index in [0.717, 1.165) is 24.3 Å². The van der Waals surface area contributed by atoms with Crippen LogP contribution in [0.3, 0.4) is 0 Å². The van der Waals surface area contributed by atoms with Gasteiger partial charge in [0.25, 0.3) is 0 Å². The summed E-state index contributed by atoms with van der Waals surface area (Å²) in [4.78, 5) is 10.7. The molecule has 1 heterocycles. The van der Waals surface area contributed by atoms with Gasteiger partial charge in [-0.15, -0.1) is 0 Å². The minimum atomic E-state index is -0.793. The number of benzene rings is 1. The molecule has 96 valence electrons. The van der Waals surface area contributed by atoms with Crippen molar-refractivity contribution in [2.24, 2.45) is 5.41 Å². The van der Waals surface area contributed by atoms with Crippen LogP contribution in [0, 0.1) is 5.41 Å². The summed E-state index contributed by atoms with van der Waals surface area (Å²) in [5, 5.41) is 8.80. The standard InChI is InChI=1S/C15H18O3/c16-14(17)8-11-3-4-12-9-15(5-1-2-6-15)10-18-13(12)7-11/h3-4,7H,1-2,5-6,8-10H2,(H,16,17). The first-order chi connectivity index (χ1) is 8.67. The fraction of sp³-hybridized carbons (Fsp3) is 0.533. The van der Waals surface area contributed by atoms with Crippen LogP contribution in [0.1, 0.15) is 36.8 Å². The van der Waals surface area contributed by atoms with Crippen molar-refractivity contribution in [3.05, 3.63) is 29.3 Å². The highest BCUT2D eigenvalue weighted by atomic mass is 16.5. The topological polar surface area (TPSA) is 46.5 Å². The minimum absolute atomic E-state index is 0.0712. The number of hydrogen-bond donors (Lipinski definition) is 1. The maximum Gasteiger partial charge on any atom is 0.307 e. The number of rotatable bonds is 2. The largest absolute Gasteiger partial charge is 0.493 e. The molecule has 0 radical (unpaired) electrons. The molecule has 0 aromatic heterocycles. The summed E-state index contributed by atoms with van der Waals surface area (Å²) < 4.78 is 5.89. The van der Waals surface area contributed by atoms with Crippen LogP contribution in [0.2, 0.25) is 0 Å². The molecule has 1 aromatic rings. The number of hydrogen-bond acceptors (Lipinski definition) is 2. The Labute approximate surface area is 107 Å². The molecule has 1 N–H and O–H groups in total. The third-order valence-corrected chi connectivity index (χ3v) is 4.25. The number of ether oxygens (including phenoxy) is 1. The second kappa shape index (κ2) is 4.30. The van der Waals surface area contributed by atoms with Gasteiger partial charge in [0.2, 0.25) is 0 Å². The quantitative estimate of drug-likeness (QED) is 0.872. The van der Waals surface area contributed by atoms with E-state index in [-0.39, 0.29) is 6.42 Å². The highest BCUT2D eigenvalue weighted by Crippen LogP contribution is 2.45. The molecule has 0 saturated heterocycles. The van der Waals surface area contributed by atoms with Crippen LogP contribution < -0.4 is 4.74 Å². The molecule has 3 rings (SSSR count). The molecule has 1 saturated carbocycles. The van der Waals surface area contributed by atoms with Crippen LogP contribution in [0.4, 0.5) is 0 Å². The Morgan fingerprint density at radius 2 is 2.11 bits per heavy atom. The molecule has 3 heteroatoms. The Kier molecular flexibility index (Phi) is 2.77. The zero-order valence-electron chi connectivity index (χ0n) is 10.4. The lowest BCUT2D eigenvalue weighted by Gasteiger charge is -2.34. The van der Waals surface area contributed by atoms with Gasteiger partial charge in [-0.2, -0.15) is 0 Å². The van der Waals surface area contributed by atoms with Crippen molar-refractivity contribution in [3.63, 3.8) is 0 Å². The van der Waals surface area contributed by atoms with Crippen LogP contribution in [0.15, 0.2) is 18.2 Å². The molecular formula is C15H18O3. The highest BCUT2D eigenvalue weighted by molar-refractivity contribution is 5.70. The van der Waals surface area contributed by atoms with E-state index in [2.05, 4.69) is 0 Å². The van der Waals surface area contributed by atoms with Gasteiger partial charge in [-0.1, -0.05) is 25.0 Å². The Balaban J connectivity index is 1.83. The molecule has 0 atom stereocenters. The molecule has 1 spiro atoms. The smallest absolute Gasteiger partial charge is 0.307 e. The van der Waals surface area contributed by atoms with Crippen molar-refractivity contribution in [1.29, 1.82) is 0 Å². The molecule has 0 unspecified atom stereocenters. The second-order valence-electron chi connectivity index (χ2n) is 5.69. The zero-order chi connectivity index (χ0) is 12.6. The van der Waals surface area contributed by atoms with Crippen LogP contribution in [-0.2, 0) is 17.6 Å². The van der Waals surface area contributed by atoms with E-state index in [0.29, 0.717) is 5.41 Å². The normalized spacial score (nSPS) is 20.4. The molecule has 1 fully saturated rings. The first-order valence-electron chi connectivity index (χ1n) is 6.63. The molecule has 2 aliphatic rings. The van der Waals surface area contributed by atoms with Crippen molar-refractivity contribution in [3.8, 4) is 5.75 Å². The van der Waals surface area contributed by atoms with Crippen molar-refractivity contribution in [2.75, 3.05) is 6.61 Å². The van der Waals surface area contributed by atoms with Gasteiger partial charge in [0.05, 0.1) is 13.0 Å². The van der Waals surface area contributed by atoms with Gasteiger partial charge in [-0.25, -0.2) is 0 Å². The number of carboxylic acid groups (broad SMARTS) is 1. The Morgan fingerprint density at radius 3 is 2.83 bits per heavy atom. The molecular weight excluding hydrogens is 228 g/mol. The van der Waals surface area contributed by atoms with E-state index in [1.165, 1.54) is 31.2 Å². The lowest BCUT2D eigenvalue weighted by molar-refractivity contribution is -0.136. The lowest BCUT2D eigenvalue weighted by Crippen LogP contribution is -2.32. The first kappa shape index (κ1) is 11.6. The van der Waals surface area contributed by atoms with Crippen LogP contribution in [0.25, 0.3) is 0 Å². The Morgan fingerprint density at radius 1 is 1.33 bits per heavy atom. The number of fused-ring (bicyclic) bond motifs is 1. The first-order valence-corrected chi connectivity index (χ1v) is 6.63. The molecule has 18 heavy (non-hydrogen) atoms. The molecule has 1 aliphatic carbocycles. The molecule has 3 nitrogen and oxygen atoms in total. The van der Waals surface area contributed by atoms with Crippen LogP contribution in [0.5, 0.6) is 5.75 Å². The second-order valence-corrected chi connectivity index (χ2v) is 5.69. The minimum Gasteiger partial charge on any atom is -0.493 e. The van der Waals surface area contributed by atoms with Crippen molar-refractivity contribution >= 4 is 5.97 Å². The Hall–Kier alpha value is -1.51. The molecule has 0 bridgehead atoms. The molecule has 1 aliphatic heterocycles. The number of carboxylic acids is 1. The van der Waals surface area contributed by atoms with Gasteiger partial charge in [0.1, 0.15) is 5.75 Å². The summed E-state index contributed by atoms with van der Waals surface area (Å²) >= 11 is 0. The van der Waals surface area contributed by atoms with Crippen molar-refractivity contribution in [1.82, 2.24) is 0 Å². The van der Waals surface area contributed by atoms with Gasteiger partial charge >= 0.3 is 5.97 Å². The fourth-order valence-electron chi connectivity index (χ4n) is 3.30. The summed E-state index contributed by atoms with van der Waals surface area (Å²) in [6.45, 7) is 0.802. The fourth-order valence-corrected chi connectivity index (χ4v) is 3.30. The number of carbonyl (C=O) groups is 1. The summed E-state index contributed by atoms with van der Waals surface area (Å²) in [6.07, 6.45) is 6.33. The van der Waals surface area contributed by atoms with E-state index >= 15 is 0 Å². The van der Waals surface area contributed by atoms with Crippen molar-refractivity contribution < 1.29 is 14.6 Å². The SMILES string of the molecule is O=C(O)Cc1ccc2c(c1)OCC1(CCCC1)C2. The average molecular weight is 246 g/mol. The summed E-state index contributed by atoms with van der Waals surface area (Å²) in [5.41, 5.74) is 2.43. The zero-order valence-corrected chi connectivity index (χ0v) is 10.4. The highest BCUT2D eigenvalue weighted by Gasteiger charge is 2.38. The maximum atomic E-state index is 10.7. The van der Waals surface area contributed by atoms with Gasteiger partial charge < -0.3 is 9.84 Å². The predicted molar refractivity (Wildman–Crippen MR) is 67.9 cm³/mol. The predicted octanol–water partition coefficient (Wildman–Crippen LogP) is 2.81. The monoisotopic (exact) mass is 246 g/mol. The third kappa shape index (κ3) is 2.09. The van der Waals surface area contributed by atoms with Crippen LogP contribution >= 0.6 is 0 Å². The van der Waals surface area contributed by atoms with Gasteiger partial charge in [-0.3, -0.25) is 4.79 Å². The van der Waals surface area contributed by atoms with Gasteiger partial charge in [0, 0.05) is 5.41 Å². The lowest BCUT2D eigenvalue weighted by atomic mass is 9.79. The van der Waals surface area contributed by atoms with Crippen molar-refractivity contribution in [2.45, 2.75) is 38.5 Å². The van der Waals surface area contributed by atoms with E-state index < -0.39 is 5.97 Å². The van der Waals surface area contributed by atoms with Crippen LogP contribution in [-0.4, -0.2) is 17.7 Å². The van der Waals surface area contributed by atoms with Gasteiger partial charge in [-0.05, 0) is 36.5 Å². The maximum absolute atomic E-state index is 10.7. The van der Waals surface area contributed by atoms with E-state index in [1.807, 2.05) is 18.2 Å². The van der Waals surface area contributed by atoms with E-state index in [9.17, 15) is 4.79 Å². The van der Waals surface area contributed by atoms with E-state index in [1.54, 1.807) is 0 Å².